The van der Waals surface area contributed by atoms with Gasteiger partial charge in [-0.15, -0.1) is 0 Å². The maximum absolute atomic E-state index is 12.5. The van der Waals surface area contributed by atoms with Gasteiger partial charge in [0.25, 0.3) is 5.91 Å². The number of rotatable bonds is 2. The summed E-state index contributed by atoms with van der Waals surface area (Å²) in [6.45, 7) is 5.02. The van der Waals surface area contributed by atoms with E-state index in [1.54, 1.807) is 17.5 Å². The second-order valence-electron chi connectivity index (χ2n) is 5.20. The predicted molar refractivity (Wildman–Crippen MR) is 85.8 cm³/mol. The van der Waals surface area contributed by atoms with Crippen molar-refractivity contribution in [3.8, 4) is 0 Å². The maximum Gasteiger partial charge on any atom is 0.255 e. The summed E-state index contributed by atoms with van der Waals surface area (Å²) in [6, 6.07) is 3.78. The number of anilines is 2. The molecular formula is C15H18N4OS. The van der Waals surface area contributed by atoms with Gasteiger partial charge in [0.15, 0.2) is 0 Å². The van der Waals surface area contributed by atoms with Gasteiger partial charge in [-0.2, -0.15) is 11.3 Å². The van der Waals surface area contributed by atoms with Crippen molar-refractivity contribution in [3.05, 3.63) is 40.2 Å². The number of piperazine rings is 1. The molecule has 1 aliphatic rings. The molecular weight excluding hydrogens is 284 g/mol. The van der Waals surface area contributed by atoms with E-state index in [1.165, 1.54) is 0 Å². The highest BCUT2D eigenvalue weighted by molar-refractivity contribution is 7.08. The van der Waals surface area contributed by atoms with Crippen LogP contribution in [0.5, 0.6) is 0 Å². The van der Waals surface area contributed by atoms with Crippen LogP contribution in [0.25, 0.3) is 0 Å². The van der Waals surface area contributed by atoms with Crippen LogP contribution >= 0.6 is 11.3 Å². The highest BCUT2D eigenvalue weighted by atomic mass is 32.1. The summed E-state index contributed by atoms with van der Waals surface area (Å²) in [6.07, 6.45) is 1.67. The lowest BCUT2D eigenvalue weighted by molar-refractivity contribution is 0.0746. The van der Waals surface area contributed by atoms with Crippen LogP contribution in [0.3, 0.4) is 0 Å². The second kappa shape index (κ2) is 5.73. The molecule has 3 heterocycles. The molecule has 0 unspecified atom stereocenters. The number of nitrogen functional groups attached to an aromatic ring is 1. The summed E-state index contributed by atoms with van der Waals surface area (Å²) in [5.41, 5.74) is 8.22. The maximum atomic E-state index is 12.5. The molecule has 0 bridgehead atoms. The number of hydrogen-bond donors (Lipinski definition) is 1. The smallest absolute Gasteiger partial charge is 0.255 e. The number of aromatic nitrogens is 1. The van der Waals surface area contributed by atoms with Gasteiger partial charge >= 0.3 is 0 Å². The van der Waals surface area contributed by atoms with E-state index in [2.05, 4.69) is 9.88 Å². The number of hydrogen-bond acceptors (Lipinski definition) is 5. The van der Waals surface area contributed by atoms with Crippen LogP contribution in [0.2, 0.25) is 0 Å². The lowest BCUT2D eigenvalue weighted by Gasteiger charge is -2.35. The highest BCUT2D eigenvalue weighted by Gasteiger charge is 2.23. The van der Waals surface area contributed by atoms with Gasteiger partial charge in [0, 0.05) is 31.6 Å². The lowest BCUT2D eigenvalue weighted by Crippen LogP contribution is -2.49. The SMILES string of the molecule is Cc1cscc1C(=O)N1CCN(c2ccc(N)cn2)CC1. The number of thiophene rings is 1. The van der Waals surface area contributed by atoms with Crippen LogP contribution in [-0.4, -0.2) is 42.0 Å². The van der Waals surface area contributed by atoms with Crippen LogP contribution in [0.15, 0.2) is 29.1 Å². The van der Waals surface area contributed by atoms with Crippen LogP contribution in [0, 0.1) is 6.92 Å². The first kappa shape index (κ1) is 13.9. The molecule has 2 aromatic rings. The van der Waals surface area contributed by atoms with Crippen LogP contribution in [0.1, 0.15) is 15.9 Å². The van der Waals surface area contributed by atoms with Crippen molar-refractivity contribution in [2.75, 3.05) is 36.8 Å². The fourth-order valence-electron chi connectivity index (χ4n) is 2.47. The van der Waals surface area contributed by atoms with Gasteiger partial charge < -0.3 is 15.5 Å². The van der Waals surface area contributed by atoms with Gasteiger partial charge in [-0.05, 0) is 30.0 Å². The van der Waals surface area contributed by atoms with Gasteiger partial charge in [0.1, 0.15) is 5.82 Å². The average Bonchev–Trinajstić information content (AvgIpc) is 2.94. The molecule has 0 aliphatic carbocycles. The van der Waals surface area contributed by atoms with Crippen molar-refractivity contribution in [1.82, 2.24) is 9.88 Å². The van der Waals surface area contributed by atoms with Crippen molar-refractivity contribution in [1.29, 1.82) is 0 Å². The molecule has 21 heavy (non-hydrogen) atoms. The number of pyridine rings is 1. The van der Waals surface area contributed by atoms with E-state index < -0.39 is 0 Å². The van der Waals surface area contributed by atoms with E-state index in [0.717, 1.165) is 43.1 Å². The zero-order valence-electron chi connectivity index (χ0n) is 12.0. The lowest BCUT2D eigenvalue weighted by atomic mass is 10.2. The van der Waals surface area contributed by atoms with E-state index in [0.29, 0.717) is 5.69 Å². The largest absolute Gasteiger partial charge is 0.397 e. The van der Waals surface area contributed by atoms with Crippen LogP contribution in [0.4, 0.5) is 11.5 Å². The average molecular weight is 302 g/mol. The molecule has 0 radical (unpaired) electrons. The fraction of sp³-hybridized carbons (Fsp3) is 0.333. The van der Waals surface area contributed by atoms with Crippen LogP contribution in [-0.2, 0) is 0 Å². The van der Waals surface area contributed by atoms with Gasteiger partial charge in [-0.25, -0.2) is 4.98 Å². The molecule has 3 rings (SSSR count). The third-order valence-electron chi connectivity index (χ3n) is 3.75. The van der Waals surface area contributed by atoms with Crippen molar-refractivity contribution in [2.24, 2.45) is 0 Å². The Bertz CT molecular complexity index is 629. The summed E-state index contributed by atoms with van der Waals surface area (Å²) >= 11 is 1.58. The van der Waals surface area contributed by atoms with Gasteiger partial charge in [0.2, 0.25) is 0 Å². The summed E-state index contributed by atoms with van der Waals surface area (Å²) in [5.74, 6) is 1.06. The number of nitrogens with zero attached hydrogens (tertiary/aromatic N) is 3. The molecule has 0 aromatic carbocycles. The topological polar surface area (TPSA) is 62.5 Å². The minimum atomic E-state index is 0.138. The molecule has 2 N–H and O–H groups in total. The molecule has 0 saturated carbocycles. The summed E-state index contributed by atoms with van der Waals surface area (Å²) in [4.78, 5) is 20.9. The molecule has 1 fully saturated rings. The minimum absolute atomic E-state index is 0.138. The quantitative estimate of drug-likeness (QED) is 0.921. The van der Waals surface area contributed by atoms with Gasteiger partial charge in [-0.1, -0.05) is 0 Å². The zero-order valence-corrected chi connectivity index (χ0v) is 12.8. The summed E-state index contributed by atoms with van der Waals surface area (Å²) in [7, 11) is 0. The van der Waals surface area contributed by atoms with Crippen molar-refractivity contribution in [3.63, 3.8) is 0 Å². The normalized spacial score (nSPS) is 15.3. The van der Waals surface area contributed by atoms with Crippen molar-refractivity contribution in [2.45, 2.75) is 6.92 Å². The standard InChI is InChI=1S/C15H18N4OS/c1-11-9-21-10-13(11)15(20)19-6-4-18(5-7-19)14-3-2-12(16)8-17-14/h2-3,8-10H,4-7,16H2,1H3. The van der Waals surface area contributed by atoms with Gasteiger partial charge in [0.05, 0.1) is 17.4 Å². The summed E-state index contributed by atoms with van der Waals surface area (Å²) < 4.78 is 0. The zero-order chi connectivity index (χ0) is 14.8. The Hall–Kier alpha value is -2.08. The van der Waals surface area contributed by atoms with Crippen molar-refractivity contribution < 1.29 is 4.79 Å². The first-order valence-corrected chi connectivity index (χ1v) is 7.88. The number of amides is 1. The number of nitrogens with two attached hydrogens (primary N) is 1. The molecule has 6 heteroatoms. The molecule has 0 atom stereocenters. The molecule has 1 aliphatic heterocycles. The van der Waals surface area contributed by atoms with E-state index >= 15 is 0 Å². The van der Waals surface area contributed by atoms with Crippen molar-refractivity contribution >= 4 is 28.7 Å². The number of carbonyl (C=O) groups is 1. The molecule has 110 valence electrons. The van der Waals surface area contributed by atoms with E-state index in [9.17, 15) is 4.79 Å². The van der Waals surface area contributed by atoms with Gasteiger partial charge in [-0.3, -0.25) is 4.79 Å². The monoisotopic (exact) mass is 302 g/mol. The fourth-order valence-corrected chi connectivity index (χ4v) is 3.30. The molecule has 2 aromatic heterocycles. The third-order valence-corrected chi connectivity index (χ3v) is 4.61. The Labute approximate surface area is 128 Å². The van der Waals surface area contributed by atoms with E-state index in [-0.39, 0.29) is 5.91 Å². The highest BCUT2D eigenvalue weighted by Crippen LogP contribution is 2.19. The Morgan fingerprint density at radius 2 is 2.00 bits per heavy atom. The van der Waals surface area contributed by atoms with Crippen LogP contribution < -0.4 is 10.6 Å². The van der Waals surface area contributed by atoms with E-state index in [4.69, 9.17) is 5.73 Å². The predicted octanol–water partition coefficient (Wildman–Crippen LogP) is 2.00. The minimum Gasteiger partial charge on any atom is -0.397 e. The first-order valence-electron chi connectivity index (χ1n) is 6.93. The molecule has 1 saturated heterocycles. The third kappa shape index (κ3) is 2.85. The van der Waals surface area contributed by atoms with E-state index in [1.807, 2.05) is 34.7 Å². The Balaban J connectivity index is 1.64. The molecule has 5 nitrogen and oxygen atoms in total. The molecule has 0 spiro atoms. The summed E-state index contributed by atoms with van der Waals surface area (Å²) in [5, 5.41) is 3.95. The second-order valence-corrected chi connectivity index (χ2v) is 5.94. The Morgan fingerprint density at radius 3 is 2.57 bits per heavy atom. The Kier molecular flexibility index (Phi) is 3.79. The first-order chi connectivity index (χ1) is 10.1. The molecule has 1 amide bonds. The number of aryl methyl sites for hydroxylation is 1. The Morgan fingerprint density at radius 1 is 1.24 bits per heavy atom. The number of carbonyl (C=O) groups excluding carboxylic acids is 1.